The lowest BCUT2D eigenvalue weighted by Crippen LogP contribution is -2.29. The van der Waals surface area contributed by atoms with Crippen molar-refractivity contribution >= 4 is 40.0 Å². The maximum atomic E-state index is 13.6. The van der Waals surface area contributed by atoms with Crippen LogP contribution in [0.25, 0.3) is 5.57 Å². The minimum atomic E-state index is -0.181. The summed E-state index contributed by atoms with van der Waals surface area (Å²) in [6, 6.07) is 27.4. The van der Waals surface area contributed by atoms with Crippen molar-refractivity contribution in [2.24, 2.45) is 4.99 Å². The van der Waals surface area contributed by atoms with Gasteiger partial charge in [-0.2, -0.15) is 0 Å². The van der Waals surface area contributed by atoms with Crippen molar-refractivity contribution in [3.8, 4) is 0 Å². The molecule has 32 heavy (non-hydrogen) atoms. The minimum Gasteiger partial charge on any atom is -0.311 e. The summed E-state index contributed by atoms with van der Waals surface area (Å²) in [7, 11) is 1.74. The molecule has 3 aromatic rings. The zero-order chi connectivity index (χ0) is 22.1. The molecule has 6 heteroatoms. The van der Waals surface area contributed by atoms with Gasteiger partial charge in [0.05, 0.1) is 29.3 Å². The Bertz CT molecular complexity index is 1250. The van der Waals surface area contributed by atoms with E-state index in [1.807, 2.05) is 84.9 Å². The van der Waals surface area contributed by atoms with E-state index in [0.29, 0.717) is 28.7 Å². The van der Waals surface area contributed by atoms with E-state index in [2.05, 4.69) is 0 Å². The molecule has 0 saturated carbocycles. The first-order valence-corrected chi connectivity index (χ1v) is 11.2. The van der Waals surface area contributed by atoms with Crippen LogP contribution in [0.5, 0.6) is 0 Å². The smallest absolute Gasteiger partial charge is 0.267 e. The lowest BCUT2D eigenvalue weighted by Gasteiger charge is -2.16. The van der Waals surface area contributed by atoms with E-state index in [-0.39, 0.29) is 11.8 Å². The highest BCUT2D eigenvalue weighted by Crippen LogP contribution is 2.44. The number of rotatable bonds is 4. The van der Waals surface area contributed by atoms with Crippen molar-refractivity contribution < 1.29 is 9.59 Å². The molecule has 5 nitrogen and oxygen atoms in total. The van der Waals surface area contributed by atoms with Gasteiger partial charge in [-0.25, -0.2) is 0 Å². The van der Waals surface area contributed by atoms with Crippen molar-refractivity contribution in [3.63, 3.8) is 0 Å². The lowest BCUT2D eigenvalue weighted by molar-refractivity contribution is -0.123. The third kappa shape index (κ3) is 3.63. The number of likely N-dealkylation sites (N-methyl/N-ethyl adjacent to an activating group) is 1. The Morgan fingerprint density at radius 1 is 0.781 bits per heavy atom. The van der Waals surface area contributed by atoms with E-state index in [9.17, 15) is 9.59 Å². The second-order valence-electron chi connectivity index (χ2n) is 7.65. The summed E-state index contributed by atoms with van der Waals surface area (Å²) in [6.07, 6.45) is 0. The van der Waals surface area contributed by atoms with Gasteiger partial charge in [0.2, 0.25) is 0 Å². The molecule has 2 aliphatic rings. The van der Waals surface area contributed by atoms with Crippen LogP contribution in [0.1, 0.15) is 16.7 Å². The standard InChI is InChI=1S/C26H21N3O2S/c1-28-21-15-9-8-14-20(21)22(24(28)30)23-25(31)29(17-19-12-6-3-7-13-19)26(32-23)27-16-18-10-4-2-5-11-18/h2-15H,16-17H2,1H3/b23-22-,27-26?. The number of carbonyl (C=O) groups excluding carboxylic acids is 2. The van der Waals surface area contributed by atoms with Gasteiger partial charge in [0.15, 0.2) is 5.17 Å². The SMILES string of the molecule is CN1C(=O)/C(=C2\SC(=NCc3ccccc3)N(Cc3ccccc3)C2=O)c2ccccc21. The zero-order valence-electron chi connectivity index (χ0n) is 17.6. The predicted molar refractivity (Wildman–Crippen MR) is 129 cm³/mol. The number of fused-ring (bicyclic) bond motifs is 1. The van der Waals surface area contributed by atoms with E-state index in [4.69, 9.17) is 4.99 Å². The molecular formula is C26H21N3O2S. The third-order valence-electron chi connectivity index (χ3n) is 5.57. The number of para-hydroxylation sites is 1. The summed E-state index contributed by atoms with van der Waals surface area (Å²) in [5.74, 6) is -0.342. The summed E-state index contributed by atoms with van der Waals surface area (Å²) in [5, 5.41) is 0.616. The van der Waals surface area contributed by atoms with Crippen molar-refractivity contribution in [2.75, 3.05) is 11.9 Å². The van der Waals surface area contributed by atoms with Gasteiger partial charge in [-0.15, -0.1) is 0 Å². The van der Waals surface area contributed by atoms with Gasteiger partial charge >= 0.3 is 0 Å². The summed E-state index contributed by atoms with van der Waals surface area (Å²) < 4.78 is 0. The highest BCUT2D eigenvalue weighted by Gasteiger charge is 2.41. The number of thioether (sulfide) groups is 1. The molecule has 3 aromatic carbocycles. The van der Waals surface area contributed by atoms with Crippen LogP contribution in [0.2, 0.25) is 0 Å². The Morgan fingerprint density at radius 3 is 2.12 bits per heavy atom. The Kier molecular flexibility index (Phi) is 5.37. The van der Waals surface area contributed by atoms with Crippen LogP contribution in [-0.4, -0.2) is 28.9 Å². The zero-order valence-corrected chi connectivity index (χ0v) is 18.4. The van der Waals surface area contributed by atoms with E-state index < -0.39 is 0 Å². The Hall–Kier alpha value is -3.64. The predicted octanol–water partition coefficient (Wildman–Crippen LogP) is 4.71. The van der Waals surface area contributed by atoms with Crippen LogP contribution >= 0.6 is 11.8 Å². The van der Waals surface area contributed by atoms with Gasteiger partial charge in [-0.3, -0.25) is 19.5 Å². The minimum absolute atomic E-state index is 0.161. The number of hydrogen-bond acceptors (Lipinski definition) is 4. The molecule has 0 atom stereocenters. The number of hydrogen-bond donors (Lipinski definition) is 0. The molecule has 0 aromatic heterocycles. The fourth-order valence-corrected chi connectivity index (χ4v) is 4.98. The van der Waals surface area contributed by atoms with E-state index in [1.165, 1.54) is 11.8 Å². The van der Waals surface area contributed by atoms with Gasteiger partial charge in [0, 0.05) is 12.6 Å². The molecule has 1 saturated heterocycles. The summed E-state index contributed by atoms with van der Waals surface area (Å²) in [5.41, 5.74) is 4.14. The topological polar surface area (TPSA) is 53.0 Å². The fraction of sp³-hybridized carbons (Fsp3) is 0.115. The lowest BCUT2D eigenvalue weighted by atomic mass is 10.1. The van der Waals surface area contributed by atoms with Crippen molar-refractivity contribution in [1.29, 1.82) is 0 Å². The van der Waals surface area contributed by atoms with Gasteiger partial charge in [-0.1, -0.05) is 78.9 Å². The molecule has 2 aliphatic heterocycles. The fourth-order valence-electron chi connectivity index (χ4n) is 3.91. The third-order valence-corrected chi connectivity index (χ3v) is 6.68. The number of amidine groups is 1. The quantitative estimate of drug-likeness (QED) is 0.554. The molecule has 0 aliphatic carbocycles. The Labute approximate surface area is 191 Å². The molecule has 0 bridgehead atoms. The number of nitrogens with zero attached hydrogens (tertiary/aromatic N) is 3. The molecule has 5 rings (SSSR count). The van der Waals surface area contributed by atoms with Crippen molar-refractivity contribution in [1.82, 2.24) is 4.90 Å². The molecular weight excluding hydrogens is 418 g/mol. The molecule has 0 spiro atoms. The largest absolute Gasteiger partial charge is 0.311 e. The second kappa shape index (κ2) is 8.48. The van der Waals surface area contributed by atoms with Gasteiger partial charge in [0.25, 0.3) is 11.8 Å². The number of carbonyl (C=O) groups is 2. The summed E-state index contributed by atoms with van der Waals surface area (Å²) >= 11 is 1.29. The van der Waals surface area contributed by atoms with Crippen LogP contribution in [0.15, 0.2) is 94.8 Å². The first-order chi connectivity index (χ1) is 15.6. The Balaban J connectivity index is 1.56. The van der Waals surface area contributed by atoms with E-state index in [0.717, 1.165) is 22.4 Å². The molecule has 2 heterocycles. The molecule has 0 unspecified atom stereocenters. The van der Waals surface area contributed by atoms with Crippen LogP contribution in [0.3, 0.4) is 0 Å². The number of benzene rings is 3. The molecule has 0 radical (unpaired) electrons. The molecule has 158 valence electrons. The molecule has 2 amide bonds. The Morgan fingerprint density at radius 2 is 1.41 bits per heavy atom. The number of amides is 2. The van der Waals surface area contributed by atoms with Crippen LogP contribution in [0.4, 0.5) is 5.69 Å². The van der Waals surface area contributed by atoms with E-state index in [1.54, 1.807) is 16.8 Å². The maximum Gasteiger partial charge on any atom is 0.267 e. The average molecular weight is 440 g/mol. The summed E-state index contributed by atoms with van der Waals surface area (Å²) in [4.78, 5) is 35.2. The van der Waals surface area contributed by atoms with Crippen LogP contribution in [-0.2, 0) is 22.7 Å². The van der Waals surface area contributed by atoms with E-state index >= 15 is 0 Å². The van der Waals surface area contributed by atoms with Gasteiger partial charge in [-0.05, 0) is 29.0 Å². The molecule has 1 fully saturated rings. The maximum absolute atomic E-state index is 13.6. The highest BCUT2D eigenvalue weighted by molar-refractivity contribution is 8.18. The highest BCUT2D eigenvalue weighted by atomic mass is 32.2. The second-order valence-corrected chi connectivity index (χ2v) is 8.63. The number of anilines is 1. The van der Waals surface area contributed by atoms with Crippen molar-refractivity contribution in [2.45, 2.75) is 13.1 Å². The van der Waals surface area contributed by atoms with Crippen LogP contribution < -0.4 is 4.90 Å². The van der Waals surface area contributed by atoms with Gasteiger partial charge in [0.1, 0.15) is 0 Å². The number of aliphatic imine (C=N–C) groups is 1. The summed E-state index contributed by atoms with van der Waals surface area (Å²) in [6.45, 7) is 0.873. The first-order valence-electron chi connectivity index (χ1n) is 10.4. The van der Waals surface area contributed by atoms with Crippen LogP contribution in [0, 0.1) is 0 Å². The monoisotopic (exact) mass is 439 g/mol. The normalized spacial score (nSPS) is 19.2. The molecule has 0 N–H and O–H groups in total. The van der Waals surface area contributed by atoms with Gasteiger partial charge < -0.3 is 4.90 Å². The first kappa shape index (κ1) is 20.3. The average Bonchev–Trinajstić information content (AvgIpc) is 3.27. The van der Waals surface area contributed by atoms with Crippen molar-refractivity contribution in [3.05, 3.63) is 107 Å².